The van der Waals surface area contributed by atoms with Crippen LogP contribution in [-0.2, 0) is 11.3 Å². The molecule has 7 heteroatoms. The van der Waals surface area contributed by atoms with Gasteiger partial charge in [0, 0.05) is 42.2 Å². The number of aromatic nitrogens is 3. The molecule has 7 nitrogen and oxygen atoms in total. The molecular formula is C22H18N6O. The summed E-state index contributed by atoms with van der Waals surface area (Å²) in [5.41, 5.74) is 5.29. The molecule has 0 unspecified atom stereocenters. The lowest BCUT2D eigenvalue weighted by Crippen LogP contribution is -2.47. The summed E-state index contributed by atoms with van der Waals surface area (Å²) in [5, 5.41) is 13.9. The maximum Gasteiger partial charge on any atom is 0.234 e. The molecule has 29 heavy (non-hydrogen) atoms. The van der Waals surface area contributed by atoms with Gasteiger partial charge in [-0.3, -0.25) is 9.69 Å². The summed E-state index contributed by atoms with van der Waals surface area (Å²) in [7, 11) is 0. The van der Waals surface area contributed by atoms with Crippen LogP contribution in [0.4, 0.5) is 0 Å². The van der Waals surface area contributed by atoms with E-state index in [4.69, 9.17) is 5.26 Å². The van der Waals surface area contributed by atoms with E-state index in [0.717, 1.165) is 46.2 Å². The molecule has 0 aliphatic carbocycles. The third-order valence-electron chi connectivity index (χ3n) is 5.26. The lowest BCUT2D eigenvalue weighted by atomic mass is 10.0. The third kappa shape index (κ3) is 3.30. The number of carbonyl (C=O) groups is 1. The highest BCUT2D eigenvalue weighted by Gasteiger charge is 2.16. The van der Waals surface area contributed by atoms with Gasteiger partial charge in [0.05, 0.1) is 18.3 Å². The van der Waals surface area contributed by atoms with Gasteiger partial charge in [-0.25, -0.2) is 9.97 Å². The van der Waals surface area contributed by atoms with Crippen molar-refractivity contribution in [2.45, 2.75) is 6.54 Å². The van der Waals surface area contributed by atoms with Crippen LogP contribution in [0.3, 0.4) is 0 Å². The maximum absolute atomic E-state index is 11.5. The second kappa shape index (κ2) is 7.00. The molecule has 142 valence electrons. The van der Waals surface area contributed by atoms with Crippen molar-refractivity contribution in [3.05, 3.63) is 60.0 Å². The van der Waals surface area contributed by atoms with Crippen molar-refractivity contribution in [1.29, 1.82) is 5.26 Å². The lowest BCUT2D eigenvalue weighted by molar-refractivity contribution is -0.124. The van der Waals surface area contributed by atoms with Gasteiger partial charge < -0.3 is 10.3 Å². The summed E-state index contributed by atoms with van der Waals surface area (Å²) < 4.78 is 0. The molecule has 0 saturated carbocycles. The Kier molecular flexibility index (Phi) is 4.19. The third-order valence-corrected chi connectivity index (χ3v) is 5.26. The Morgan fingerprint density at radius 1 is 1.07 bits per heavy atom. The van der Waals surface area contributed by atoms with Crippen molar-refractivity contribution in [3.8, 4) is 17.2 Å². The molecule has 0 spiro atoms. The molecule has 2 N–H and O–H groups in total. The van der Waals surface area contributed by atoms with Crippen LogP contribution in [0.2, 0.25) is 0 Å². The van der Waals surface area contributed by atoms with E-state index in [-0.39, 0.29) is 5.91 Å². The largest absolute Gasteiger partial charge is 0.354 e. The number of H-pyrrole nitrogens is 1. The number of nitrogens with one attached hydrogen (secondary N) is 2. The summed E-state index contributed by atoms with van der Waals surface area (Å²) in [4.78, 5) is 25.6. The van der Waals surface area contributed by atoms with Gasteiger partial charge in [0.1, 0.15) is 17.4 Å². The Labute approximate surface area is 167 Å². The van der Waals surface area contributed by atoms with E-state index in [9.17, 15) is 4.79 Å². The van der Waals surface area contributed by atoms with Gasteiger partial charge in [0.25, 0.3) is 0 Å². The second-order valence-corrected chi connectivity index (χ2v) is 7.23. The van der Waals surface area contributed by atoms with Crippen molar-refractivity contribution in [3.63, 3.8) is 0 Å². The average Bonchev–Trinajstić information content (AvgIpc) is 3.11. The van der Waals surface area contributed by atoms with E-state index >= 15 is 0 Å². The van der Waals surface area contributed by atoms with Crippen LogP contribution in [0.1, 0.15) is 11.3 Å². The summed E-state index contributed by atoms with van der Waals surface area (Å²) in [6.07, 6.45) is 3.52. The molecule has 3 aromatic heterocycles. The first-order chi connectivity index (χ1) is 14.2. The van der Waals surface area contributed by atoms with Crippen LogP contribution in [0.15, 0.2) is 48.8 Å². The quantitative estimate of drug-likeness (QED) is 0.568. The summed E-state index contributed by atoms with van der Waals surface area (Å²) in [5.74, 6) is 0.0840. The Hall–Kier alpha value is -3.76. The zero-order valence-electron chi connectivity index (χ0n) is 15.6. The molecule has 1 aromatic carbocycles. The van der Waals surface area contributed by atoms with Gasteiger partial charge in [-0.2, -0.15) is 5.26 Å². The topological polar surface area (TPSA) is 97.7 Å². The number of nitriles is 1. The molecule has 4 aromatic rings. The van der Waals surface area contributed by atoms with Crippen molar-refractivity contribution in [1.82, 2.24) is 25.2 Å². The van der Waals surface area contributed by atoms with Crippen molar-refractivity contribution >= 4 is 27.8 Å². The fourth-order valence-corrected chi connectivity index (χ4v) is 3.78. The summed E-state index contributed by atoms with van der Waals surface area (Å²) in [6, 6.07) is 14.3. The predicted molar refractivity (Wildman–Crippen MR) is 110 cm³/mol. The number of fused-ring (bicyclic) bond motifs is 3. The van der Waals surface area contributed by atoms with Crippen LogP contribution in [-0.4, -0.2) is 45.4 Å². The average molecular weight is 382 g/mol. The van der Waals surface area contributed by atoms with E-state index in [1.54, 1.807) is 12.3 Å². The number of amides is 1. The van der Waals surface area contributed by atoms with Crippen molar-refractivity contribution in [2.75, 3.05) is 19.6 Å². The number of carbonyl (C=O) groups excluding carboxylic acids is 1. The first kappa shape index (κ1) is 17.3. The molecular weight excluding hydrogens is 364 g/mol. The van der Waals surface area contributed by atoms with Gasteiger partial charge >= 0.3 is 0 Å². The SMILES string of the molecule is N#Cc1cc2c(cn1)[nH]c1ncc(-c3ccc(CN4CCNC(=O)C4)cc3)cc12. The molecule has 0 atom stereocenters. The Morgan fingerprint density at radius 2 is 1.93 bits per heavy atom. The Morgan fingerprint density at radius 3 is 2.72 bits per heavy atom. The first-order valence-electron chi connectivity index (χ1n) is 9.45. The summed E-state index contributed by atoms with van der Waals surface area (Å²) in [6.45, 7) is 2.78. The maximum atomic E-state index is 11.5. The van der Waals surface area contributed by atoms with E-state index in [2.05, 4.69) is 61.6 Å². The fraction of sp³-hybridized carbons (Fsp3) is 0.182. The van der Waals surface area contributed by atoms with Gasteiger partial charge in [-0.1, -0.05) is 24.3 Å². The number of aromatic amines is 1. The fourth-order valence-electron chi connectivity index (χ4n) is 3.78. The van der Waals surface area contributed by atoms with Gasteiger partial charge in [-0.15, -0.1) is 0 Å². The Bertz CT molecular complexity index is 1270. The highest BCUT2D eigenvalue weighted by Crippen LogP contribution is 2.29. The number of benzene rings is 1. The number of nitrogens with zero attached hydrogens (tertiary/aromatic N) is 4. The van der Waals surface area contributed by atoms with Crippen molar-refractivity contribution < 1.29 is 4.79 Å². The van der Waals surface area contributed by atoms with Crippen LogP contribution < -0.4 is 5.32 Å². The molecule has 0 bridgehead atoms. The van der Waals surface area contributed by atoms with E-state index in [0.29, 0.717) is 18.8 Å². The standard InChI is InChI=1S/C22H18N6O/c23-9-17-8-18-19-7-16(10-26-22(19)27-20(18)11-25-17)15-3-1-14(2-4-15)12-28-6-5-24-21(29)13-28/h1-4,7-8,10-11H,5-6,12-13H2,(H,24,29)(H,26,27). The van der Waals surface area contributed by atoms with Gasteiger partial charge in [0.2, 0.25) is 5.91 Å². The van der Waals surface area contributed by atoms with Crippen LogP contribution in [0.25, 0.3) is 33.1 Å². The van der Waals surface area contributed by atoms with Crippen LogP contribution >= 0.6 is 0 Å². The van der Waals surface area contributed by atoms with Crippen LogP contribution in [0, 0.1) is 11.3 Å². The van der Waals surface area contributed by atoms with Gasteiger partial charge in [0.15, 0.2) is 0 Å². The second-order valence-electron chi connectivity index (χ2n) is 7.23. The molecule has 1 amide bonds. The molecule has 1 fully saturated rings. The van der Waals surface area contributed by atoms with Crippen LogP contribution in [0.5, 0.6) is 0 Å². The zero-order valence-corrected chi connectivity index (χ0v) is 15.6. The van der Waals surface area contributed by atoms with Crippen molar-refractivity contribution in [2.24, 2.45) is 0 Å². The van der Waals surface area contributed by atoms with E-state index < -0.39 is 0 Å². The number of hydrogen-bond donors (Lipinski definition) is 2. The molecule has 4 heterocycles. The van der Waals surface area contributed by atoms with Gasteiger partial charge in [-0.05, 0) is 23.3 Å². The molecule has 1 aliphatic rings. The minimum Gasteiger partial charge on any atom is -0.354 e. The first-order valence-corrected chi connectivity index (χ1v) is 9.45. The van der Waals surface area contributed by atoms with E-state index in [1.165, 1.54) is 5.56 Å². The number of rotatable bonds is 3. The highest BCUT2D eigenvalue weighted by atomic mass is 16.2. The molecule has 5 rings (SSSR count). The highest BCUT2D eigenvalue weighted by molar-refractivity contribution is 6.06. The lowest BCUT2D eigenvalue weighted by Gasteiger charge is -2.26. The number of hydrogen-bond acceptors (Lipinski definition) is 5. The monoisotopic (exact) mass is 382 g/mol. The normalized spacial score (nSPS) is 14.8. The number of piperazine rings is 1. The minimum atomic E-state index is 0.0840. The molecule has 0 radical (unpaired) electrons. The number of pyridine rings is 2. The van der Waals surface area contributed by atoms with E-state index in [1.807, 2.05) is 6.20 Å². The molecule has 1 aliphatic heterocycles. The molecule has 1 saturated heterocycles. The minimum absolute atomic E-state index is 0.0840. The predicted octanol–water partition coefficient (Wildman–Crippen LogP) is 2.58. The zero-order chi connectivity index (χ0) is 19.8. The Balaban J connectivity index is 1.45. The smallest absolute Gasteiger partial charge is 0.234 e. The summed E-state index contributed by atoms with van der Waals surface area (Å²) >= 11 is 0.